The summed E-state index contributed by atoms with van der Waals surface area (Å²) in [5, 5.41) is 16.6. The van der Waals surface area contributed by atoms with E-state index in [0.717, 1.165) is 0 Å². The fourth-order valence-corrected chi connectivity index (χ4v) is 5.47. The monoisotopic (exact) mass is 585 g/mol. The van der Waals surface area contributed by atoms with Gasteiger partial charge < -0.3 is 48.5 Å². The molecular weight excluding hydrogens is 550 g/mol. The average molecular weight is 586 g/mol. The van der Waals surface area contributed by atoms with Crippen LogP contribution >= 0.6 is 0 Å². The van der Waals surface area contributed by atoms with Crippen LogP contribution in [0.2, 0.25) is 0 Å². The number of carbonyl (C=O) groups is 1. The summed E-state index contributed by atoms with van der Waals surface area (Å²) < 4.78 is 0. The van der Waals surface area contributed by atoms with Gasteiger partial charge in [-0.15, -0.1) is 0 Å². The molecule has 2 fully saturated rings. The number of rotatable bonds is 6. The molecule has 2 aliphatic heterocycles. The molecule has 0 spiro atoms. The van der Waals surface area contributed by atoms with Gasteiger partial charge in [0.1, 0.15) is 11.4 Å². The van der Waals surface area contributed by atoms with Crippen molar-refractivity contribution in [1.82, 2.24) is 24.9 Å². The lowest BCUT2D eigenvalue weighted by atomic mass is 10.0. The molecule has 15 heteroatoms. The minimum atomic E-state index is -0.503. The van der Waals surface area contributed by atoms with Crippen LogP contribution in [-0.2, 0) is 0 Å². The summed E-state index contributed by atoms with van der Waals surface area (Å²) in [6.07, 6.45) is 2.82. The maximum absolute atomic E-state index is 12.8. The average Bonchev–Trinajstić information content (AvgIpc) is 2.97. The van der Waals surface area contributed by atoms with Crippen molar-refractivity contribution in [3.05, 3.63) is 54.4 Å². The summed E-state index contributed by atoms with van der Waals surface area (Å²) >= 11 is 0. The molecule has 6 rings (SSSR count). The Morgan fingerprint density at radius 1 is 0.791 bits per heavy atom. The van der Waals surface area contributed by atoms with Gasteiger partial charge in [-0.1, -0.05) is 12.1 Å². The lowest BCUT2D eigenvalue weighted by Crippen LogP contribution is -2.54. The van der Waals surface area contributed by atoms with Crippen LogP contribution in [-0.4, -0.2) is 86.3 Å². The molecule has 224 valence electrons. The van der Waals surface area contributed by atoms with Crippen molar-refractivity contribution in [1.29, 1.82) is 0 Å². The van der Waals surface area contributed by atoms with Gasteiger partial charge in [0.15, 0.2) is 0 Å². The van der Waals surface area contributed by atoms with E-state index in [4.69, 9.17) is 27.9 Å². The number of piperidine rings is 2. The van der Waals surface area contributed by atoms with Gasteiger partial charge in [-0.2, -0.15) is 15.0 Å². The standard InChI is InChI=1S/C28H35N13O2/c29-15-7-16(30)12-40(11-15)27-37-26(38-28(39-27)41-13-17(31)8-18(32)14-41)34-19-5-6-22(24(42)9-19)36-25(43)23-10-33-20-3-1-2-4-21(20)35-23/h1-6,9-10,15-18,42H,7-8,11-14,29-32H2,(H,36,43)(H,34,37,38,39)/t15-,16+,17-,18+. The molecule has 0 unspecified atom stereocenters. The number of hydrogen-bond acceptors (Lipinski definition) is 14. The maximum Gasteiger partial charge on any atom is 0.275 e. The Morgan fingerprint density at radius 3 is 1.95 bits per heavy atom. The molecule has 1 amide bonds. The van der Waals surface area contributed by atoms with E-state index >= 15 is 0 Å². The molecule has 0 bridgehead atoms. The highest BCUT2D eigenvalue weighted by Crippen LogP contribution is 2.30. The van der Waals surface area contributed by atoms with Crippen LogP contribution in [0.15, 0.2) is 48.7 Å². The fraction of sp³-hybridized carbons (Fsp3) is 0.357. The number of anilines is 5. The normalized spacial score (nSPS) is 22.4. The summed E-state index contributed by atoms with van der Waals surface area (Å²) in [5.74, 6) is 0.438. The van der Waals surface area contributed by atoms with Crippen molar-refractivity contribution in [2.24, 2.45) is 22.9 Å². The quantitative estimate of drug-likeness (QED) is 0.150. The van der Waals surface area contributed by atoms with Crippen molar-refractivity contribution in [3.63, 3.8) is 0 Å². The van der Waals surface area contributed by atoms with Gasteiger partial charge in [0.05, 0.1) is 22.9 Å². The third-order valence-electron chi connectivity index (χ3n) is 7.39. The van der Waals surface area contributed by atoms with E-state index in [-0.39, 0.29) is 47.2 Å². The molecule has 15 nitrogen and oxygen atoms in total. The van der Waals surface area contributed by atoms with Gasteiger partial charge in [-0.05, 0) is 37.1 Å². The first-order chi connectivity index (χ1) is 20.7. The molecule has 11 N–H and O–H groups in total. The van der Waals surface area contributed by atoms with E-state index in [1.54, 1.807) is 18.2 Å². The number of para-hydroxylation sites is 2. The number of aromatic hydroxyl groups is 1. The molecule has 2 aromatic heterocycles. The number of nitrogens with zero attached hydrogens (tertiary/aromatic N) is 7. The van der Waals surface area contributed by atoms with Crippen molar-refractivity contribution in [3.8, 4) is 5.75 Å². The highest BCUT2D eigenvalue weighted by atomic mass is 16.3. The van der Waals surface area contributed by atoms with Crippen molar-refractivity contribution < 1.29 is 9.90 Å². The maximum atomic E-state index is 12.8. The first-order valence-electron chi connectivity index (χ1n) is 14.1. The molecule has 4 atom stereocenters. The highest BCUT2D eigenvalue weighted by Gasteiger charge is 2.29. The Morgan fingerprint density at radius 2 is 1.37 bits per heavy atom. The van der Waals surface area contributed by atoms with E-state index in [1.165, 1.54) is 12.3 Å². The Kier molecular flexibility index (Phi) is 7.86. The Hall–Kier alpha value is -4.70. The Bertz CT molecular complexity index is 1570. The summed E-state index contributed by atoms with van der Waals surface area (Å²) in [6, 6.07) is 11.5. The van der Waals surface area contributed by atoms with Crippen molar-refractivity contribution in [2.75, 3.05) is 46.6 Å². The van der Waals surface area contributed by atoms with Crippen LogP contribution in [0.25, 0.3) is 11.0 Å². The van der Waals surface area contributed by atoms with Gasteiger partial charge in [0.2, 0.25) is 17.8 Å². The van der Waals surface area contributed by atoms with Crippen LogP contribution in [0.4, 0.5) is 29.2 Å². The molecule has 2 aromatic carbocycles. The number of nitrogens with two attached hydrogens (primary N) is 4. The minimum absolute atomic E-state index is 0.113. The number of carbonyl (C=O) groups excluding carboxylic acids is 1. The first-order valence-corrected chi connectivity index (χ1v) is 14.1. The molecule has 43 heavy (non-hydrogen) atoms. The number of nitrogens with one attached hydrogen (secondary N) is 2. The van der Waals surface area contributed by atoms with E-state index < -0.39 is 5.91 Å². The molecule has 2 saturated heterocycles. The number of phenolic OH excluding ortho intramolecular Hbond substituents is 1. The highest BCUT2D eigenvalue weighted by molar-refractivity contribution is 6.04. The third-order valence-corrected chi connectivity index (χ3v) is 7.39. The minimum Gasteiger partial charge on any atom is -0.506 e. The SMILES string of the molecule is N[C@@H]1C[C@H](N)CN(c2nc(Nc3ccc(NC(=O)c4cnc5ccccc5n4)c(O)c3)nc(N3C[C@H](N)C[C@H](N)C3)n2)C1. The molecule has 0 aliphatic carbocycles. The predicted octanol–water partition coefficient (Wildman–Crippen LogP) is 0.246. The first kappa shape index (κ1) is 28.4. The van der Waals surface area contributed by atoms with Crippen LogP contribution in [0.3, 0.4) is 0 Å². The zero-order valence-corrected chi connectivity index (χ0v) is 23.5. The molecule has 4 heterocycles. The molecule has 4 aromatic rings. The van der Waals surface area contributed by atoms with E-state index in [1.807, 2.05) is 28.0 Å². The van der Waals surface area contributed by atoms with Gasteiger partial charge in [-0.25, -0.2) is 4.98 Å². The fourth-order valence-electron chi connectivity index (χ4n) is 5.47. The van der Waals surface area contributed by atoms with E-state index in [0.29, 0.717) is 67.6 Å². The largest absolute Gasteiger partial charge is 0.506 e. The Balaban J connectivity index is 1.24. The topological polar surface area (TPSA) is 236 Å². The number of hydrogen-bond donors (Lipinski definition) is 7. The van der Waals surface area contributed by atoms with Crippen LogP contribution in [0.1, 0.15) is 23.3 Å². The van der Waals surface area contributed by atoms with Gasteiger partial charge in [-0.3, -0.25) is 9.78 Å². The predicted molar refractivity (Wildman–Crippen MR) is 164 cm³/mol. The smallest absolute Gasteiger partial charge is 0.275 e. The number of phenols is 1. The van der Waals surface area contributed by atoms with E-state index in [9.17, 15) is 9.90 Å². The summed E-state index contributed by atoms with van der Waals surface area (Å²) in [6.45, 7) is 2.19. The second-order valence-corrected chi connectivity index (χ2v) is 11.1. The Labute approximate surface area is 247 Å². The van der Waals surface area contributed by atoms with Gasteiger partial charge in [0, 0.05) is 62.1 Å². The lowest BCUT2D eigenvalue weighted by Gasteiger charge is -2.37. The molecular formula is C28H35N13O2. The van der Waals surface area contributed by atoms with Crippen molar-refractivity contribution in [2.45, 2.75) is 37.0 Å². The molecule has 0 radical (unpaired) electrons. The summed E-state index contributed by atoms with van der Waals surface area (Å²) in [7, 11) is 0. The zero-order valence-electron chi connectivity index (χ0n) is 23.5. The second kappa shape index (κ2) is 11.9. The number of fused-ring (bicyclic) bond motifs is 1. The number of aromatic nitrogens is 5. The van der Waals surface area contributed by atoms with E-state index in [2.05, 4.69) is 30.6 Å². The number of benzene rings is 2. The summed E-state index contributed by atoms with van der Waals surface area (Å²) in [4.78, 5) is 39.4. The summed E-state index contributed by atoms with van der Waals surface area (Å²) in [5.41, 5.74) is 27.1. The second-order valence-electron chi connectivity index (χ2n) is 11.1. The third kappa shape index (κ3) is 6.54. The van der Waals surface area contributed by atoms with Gasteiger partial charge >= 0.3 is 0 Å². The van der Waals surface area contributed by atoms with Crippen LogP contribution in [0, 0.1) is 0 Å². The molecule has 0 saturated carbocycles. The van der Waals surface area contributed by atoms with Gasteiger partial charge in [0.25, 0.3) is 5.91 Å². The number of amides is 1. The zero-order chi connectivity index (χ0) is 30.1. The van der Waals surface area contributed by atoms with Crippen LogP contribution < -0.4 is 43.4 Å². The molecule has 2 aliphatic rings. The van der Waals surface area contributed by atoms with Crippen LogP contribution in [0.5, 0.6) is 5.75 Å². The van der Waals surface area contributed by atoms with Crippen molar-refractivity contribution >= 4 is 46.2 Å². The lowest BCUT2D eigenvalue weighted by molar-refractivity contribution is 0.102.